The molecule has 1 N–H and O–H groups in total. The second kappa shape index (κ2) is 6.59. The van der Waals surface area contributed by atoms with Crippen LogP contribution in [0.4, 0.5) is 4.79 Å². The van der Waals surface area contributed by atoms with Crippen molar-refractivity contribution >= 4 is 17.7 Å². The van der Waals surface area contributed by atoms with Crippen molar-refractivity contribution in [3.05, 3.63) is 34.5 Å². The summed E-state index contributed by atoms with van der Waals surface area (Å²) in [5.74, 6) is 0.688. The Morgan fingerprint density at radius 3 is 2.76 bits per heavy atom. The predicted octanol–water partition coefficient (Wildman–Crippen LogP) is 4.03. The number of carbonyl (C=O) groups excluding carboxylic acids is 1. The molecule has 3 rings (SSSR count). The molecule has 0 fully saturated rings. The van der Waals surface area contributed by atoms with Gasteiger partial charge in [-0.05, 0) is 39.0 Å². The van der Waals surface area contributed by atoms with Gasteiger partial charge in [0.1, 0.15) is 11.4 Å². The van der Waals surface area contributed by atoms with Gasteiger partial charge in [-0.1, -0.05) is 11.6 Å². The second-order valence-electron chi connectivity index (χ2n) is 7.03. The van der Waals surface area contributed by atoms with Crippen molar-refractivity contribution in [2.45, 2.75) is 39.3 Å². The molecule has 1 aromatic heterocycles. The first-order valence-corrected chi connectivity index (χ1v) is 8.54. The van der Waals surface area contributed by atoms with Gasteiger partial charge in [0.25, 0.3) is 0 Å². The minimum atomic E-state index is -0.518. The average Bonchev–Trinajstić information content (AvgIpc) is 2.96. The van der Waals surface area contributed by atoms with Gasteiger partial charge >= 0.3 is 6.09 Å². The first-order valence-electron chi connectivity index (χ1n) is 8.16. The Morgan fingerprint density at radius 1 is 1.36 bits per heavy atom. The summed E-state index contributed by atoms with van der Waals surface area (Å²) in [4.78, 5) is 14.1. The number of fused-ring (bicyclic) bond motifs is 1. The molecule has 0 unspecified atom stereocenters. The van der Waals surface area contributed by atoms with E-state index < -0.39 is 5.60 Å². The van der Waals surface area contributed by atoms with Gasteiger partial charge in [-0.3, -0.25) is 5.10 Å². The number of carbonyl (C=O) groups is 1. The van der Waals surface area contributed by atoms with E-state index in [0.717, 1.165) is 22.5 Å². The number of aromatic amines is 1. The fraction of sp³-hybridized carbons (Fsp3) is 0.444. The van der Waals surface area contributed by atoms with Crippen molar-refractivity contribution in [2.75, 3.05) is 13.7 Å². The summed E-state index contributed by atoms with van der Waals surface area (Å²) in [5, 5.41) is 8.05. The molecule has 1 amide bonds. The van der Waals surface area contributed by atoms with Gasteiger partial charge in [0.2, 0.25) is 0 Å². The van der Waals surface area contributed by atoms with Gasteiger partial charge in [-0.15, -0.1) is 0 Å². The van der Waals surface area contributed by atoms with E-state index in [1.54, 1.807) is 18.1 Å². The minimum absolute atomic E-state index is 0.314. The lowest BCUT2D eigenvalue weighted by molar-refractivity contribution is 0.0224. The third-order valence-corrected chi connectivity index (χ3v) is 4.33. The molecule has 0 aliphatic carbocycles. The van der Waals surface area contributed by atoms with Crippen LogP contribution in [-0.2, 0) is 17.7 Å². The lowest BCUT2D eigenvalue weighted by Gasteiger charge is -2.30. The molecule has 7 heteroatoms. The van der Waals surface area contributed by atoms with Crippen LogP contribution in [0.3, 0.4) is 0 Å². The molecule has 2 heterocycles. The van der Waals surface area contributed by atoms with Gasteiger partial charge in [-0.25, -0.2) is 4.79 Å². The Bertz CT molecular complexity index is 795. The van der Waals surface area contributed by atoms with Crippen LogP contribution in [0.1, 0.15) is 32.0 Å². The fourth-order valence-electron chi connectivity index (χ4n) is 2.81. The number of benzene rings is 1. The van der Waals surface area contributed by atoms with Crippen molar-refractivity contribution in [3.8, 4) is 17.0 Å². The number of hydrogen-bond donors (Lipinski definition) is 1. The highest BCUT2D eigenvalue weighted by Crippen LogP contribution is 2.35. The maximum absolute atomic E-state index is 12.4. The molecule has 1 aliphatic heterocycles. The Balaban J connectivity index is 1.88. The molecule has 0 atom stereocenters. The molecular formula is C18H22ClN3O3. The van der Waals surface area contributed by atoms with E-state index in [1.807, 2.05) is 32.9 Å². The monoisotopic (exact) mass is 363 g/mol. The summed E-state index contributed by atoms with van der Waals surface area (Å²) >= 11 is 6.39. The fourth-order valence-corrected chi connectivity index (χ4v) is 3.08. The molecule has 0 bridgehead atoms. The van der Waals surface area contributed by atoms with Crippen molar-refractivity contribution in [1.82, 2.24) is 15.1 Å². The van der Waals surface area contributed by atoms with E-state index >= 15 is 0 Å². The number of rotatable bonds is 2. The van der Waals surface area contributed by atoms with Crippen LogP contribution in [-0.4, -0.2) is 40.4 Å². The second-order valence-corrected chi connectivity index (χ2v) is 7.43. The zero-order valence-corrected chi connectivity index (χ0v) is 15.6. The van der Waals surface area contributed by atoms with Crippen LogP contribution >= 0.6 is 11.6 Å². The third-order valence-electron chi connectivity index (χ3n) is 4.02. The Hall–Kier alpha value is -2.21. The molecule has 0 radical (unpaired) electrons. The summed E-state index contributed by atoms with van der Waals surface area (Å²) in [7, 11) is 1.60. The Kier molecular flexibility index (Phi) is 4.64. The van der Waals surface area contributed by atoms with E-state index in [4.69, 9.17) is 21.1 Å². The summed E-state index contributed by atoms with van der Waals surface area (Å²) in [6, 6.07) is 5.48. The van der Waals surface area contributed by atoms with E-state index in [-0.39, 0.29) is 6.09 Å². The van der Waals surface area contributed by atoms with Crippen molar-refractivity contribution < 1.29 is 14.3 Å². The quantitative estimate of drug-likeness (QED) is 0.874. The van der Waals surface area contributed by atoms with Crippen LogP contribution in [0.2, 0.25) is 5.02 Å². The molecule has 25 heavy (non-hydrogen) atoms. The van der Waals surface area contributed by atoms with Crippen LogP contribution in [0.15, 0.2) is 18.2 Å². The molecule has 0 spiro atoms. The average molecular weight is 364 g/mol. The van der Waals surface area contributed by atoms with Gasteiger partial charge in [0.15, 0.2) is 0 Å². The SMILES string of the molecule is COc1ccc(-c2n[nH]c3c2CN(C(=O)OC(C)(C)C)CC3)c(Cl)c1. The Morgan fingerprint density at radius 2 is 2.12 bits per heavy atom. The maximum atomic E-state index is 12.4. The normalized spacial score (nSPS) is 14.2. The topological polar surface area (TPSA) is 67.5 Å². The Labute approximate surface area is 152 Å². The smallest absolute Gasteiger partial charge is 0.410 e. The number of aromatic nitrogens is 2. The maximum Gasteiger partial charge on any atom is 0.410 e. The van der Waals surface area contributed by atoms with Gasteiger partial charge in [0.05, 0.1) is 24.4 Å². The van der Waals surface area contributed by atoms with E-state index in [2.05, 4.69) is 10.2 Å². The number of nitrogens with zero attached hydrogens (tertiary/aromatic N) is 2. The highest BCUT2D eigenvalue weighted by atomic mass is 35.5. The van der Waals surface area contributed by atoms with Crippen molar-refractivity contribution in [2.24, 2.45) is 0 Å². The van der Waals surface area contributed by atoms with Crippen LogP contribution in [0.25, 0.3) is 11.3 Å². The first kappa shape index (κ1) is 17.6. The molecule has 6 nitrogen and oxygen atoms in total. The highest BCUT2D eigenvalue weighted by Gasteiger charge is 2.29. The molecule has 0 saturated carbocycles. The predicted molar refractivity (Wildman–Crippen MR) is 95.9 cm³/mol. The number of methoxy groups -OCH3 is 1. The number of hydrogen-bond acceptors (Lipinski definition) is 4. The lowest BCUT2D eigenvalue weighted by Crippen LogP contribution is -2.39. The standard InChI is InChI=1S/C18H22ClN3O3/c1-18(2,3)25-17(23)22-8-7-15-13(10-22)16(21-20-15)12-6-5-11(24-4)9-14(12)19/h5-6,9H,7-8,10H2,1-4H3,(H,20,21). The van der Waals surface area contributed by atoms with Gasteiger partial charge in [0, 0.05) is 29.8 Å². The van der Waals surface area contributed by atoms with Crippen LogP contribution in [0, 0.1) is 0 Å². The minimum Gasteiger partial charge on any atom is -0.497 e. The summed E-state index contributed by atoms with van der Waals surface area (Å²) in [5.41, 5.74) is 3.06. The third kappa shape index (κ3) is 3.74. The van der Waals surface area contributed by atoms with Gasteiger partial charge in [-0.2, -0.15) is 5.10 Å². The number of halogens is 1. The van der Waals surface area contributed by atoms with Crippen molar-refractivity contribution in [1.29, 1.82) is 0 Å². The zero-order chi connectivity index (χ0) is 18.2. The molecule has 1 aromatic carbocycles. The summed E-state index contributed by atoms with van der Waals surface area (Å²) in [6.45, 7) is 6.63. The molecular weight excluding hydrogens is 342 g/mol. The molecule has 0 saturated heterocycles. The number of ether oxygens (including phenoxy) is 2. The lowest BCUT2D eigenvalue weighted by atomic mass is 10.0. The number of nitrogens with one attached hydrogen (secondary N) is 1. The summed E-state index contributed by atoms with van der Waals surface area (Å²) in [6.07, 6.45) is 0.390. The summed E-state index contributed by atoms with van der Waals surface area (Å²) < 4.78 is 10.7. The van der Waals surface area contributed by atoms with Crippen LogP contribution in [0.5, 0.6) is 5.75 Å². The molecule has 134 valence electrons. The van der Waals surface area contributed by atoms with E-state index in [0.29, 0.717) is 30.3 Å². The molecule has 1 aliphatic rings. The number of amides is 1. The first-order chi connectivity index (χ1) is 11.8. The van der Waals surface area contributed by atoms with Gasteiger partial charge < -0.3 is 14.4 Å². The van der Waals surface area contributed by atoms with E-state index in [1.165, 1.54) is 0 Å². The number of H-pyrrole nitrogens is 1. The van der Waals surface area contributed by atoms with Crippen LogP contribution < -0.4 is 4.74 Å². The zero-order valence-electron chi connectivity index (χ0n) is 14.9. The van der Waals surface area contributed by atoms with E-state index in [9.17, 15) is 4.79 Å². The van der Waals surface area contributed by atoms with Crippen molar-refractivity contribution in [3.63, 3.8) is 0 Å². The largest absolute Gasteiger partial charge is 0.497 e. The molecule has 2 aromatic rings. The highest BCUT2D eigenvalue weighted by molar-refractivity contribution is 6.33.